The third-order valence-electron chi connectivity index (χ3n) is 4.32. The van der Waals surface area contributed by atoms with Crippen LogP contribution < -0.4 is 5.32 Å². The number of hydrogen-bond donors (Lipinski definition) is 1. The molecular weight excluding hydrogens is 392 g/mol. The molecule has 0 unspecified atom stereocenters. The van der Waals surface area contributed by atoms with E-state index < -0.39 is 6.04 Å². The fraction of sp³-hybridized carbons (Fsp3) is 0.471. The summed E-state index contributed by atoms with van der Waals surface area (Å²) in [6.07, 6.45) is 1.90. The molecule has 5 nitrogen and oxygen atoms in total. The molecule has 0 radical (unpaired) electrons. The van der Waals surface area contributed by atoms with Gasteiger partial charge in [0.2, 0.25) is 17.7 Å². The Bertz CT molecular complexity index is 718. The number of carbonyl (C=O) groups is 3. The lowest BCUT2D eigenvalue weighted by Gasteiger charge is -2.26. The summed E-state index contributed by atoms with van der Waals surface area (Å²) in [5.74, 6) is -0.440. The molecule has 1 aliphatic heterocycles. The number of amides is 3. The number of carbonyl (C=O) groups excluding carboxylic acids is 3. The van der Waals surface area contributed by atoms with E-state index in [1.165, 1.54) is 11.8 Å². The summed E-state index contributed by atoms with van der Waals surface area (Å²) < 4.78 is 1.05. The maximum atomic E-state index is 12.7. The number of nitrogens with zero attached hydrogens (tertiary/aromatic N) is 1. The summed E-state index contributed by atoms with van der Waals surface area (Å²) in [5.41, 5.74) is 2.23. The molecule has 1 aliphatic carbocycles. The number of hydrogen-bond acceptors (Lipinski definition) is 4. The van der Waals surface area contributed by atoms with Crippen molar-refractivity contribution in [2.75, 3.05) is 5.75 Å². The lowest BCUT2D eigenvalue weighted by Crippen LogP contribution is -2.46. The Morgan fingerprint density at radius 2 is 2.00 bits per heavy atom. The van der Waals surface area contributed by atoms with E-state index in [1.54, 1.807) is 4.90 Å². The molecule has 0 spiro atoms. The van der Waals surface area contributed by atoms with Crippen LogP contribution in [0.5, 0.6) is 0 Å². The molecule has 1 saturated heterocycles. The highest BCUT2D eigenvalue weighted by molar-refractivity contribution is 9.10. The lowest BCUT2D eigenvalue weighted by molar-refractivity contribution is -0.137. The number of halogens is 1. The first-order chi connectivity index (χ1) is 11.4. The van der Waals surface area contributed by atoms with E-state index >= 15 is 0 Å². The van der Waals surface area contributed by atoms with Crippen LogP contribution in [0.1, 0.15) is 30.4 Å². The monoisotopic (exact) mass is 410 g/mol. The molecular formula is C17H19BrN2O3S. The van der Waals surface area contributed by atoms with Gasteiger partial charge in [-0.1, -0.05) is 15.9 Å². The smallest absolute Gasteiger partial charge is 0.249 e. The van der Waals surface area contributed by atoms with Gasteiger partial charge < -0.3 is 4.90 Å². The van der Waals surface area contributed by atoms with Gasteiger partial charge in [-0.3, -0.25) is 19.7 Å². The van der Waals surface area contributed by atoms with Crippen LogP contribution in [-0.4, -0.2) is 40.5 Å². The first-order valence-corrected chi connectivity index (χ1v) is 9.69. The third kappa shape index (κ3) is 3.67. The van der Waals surface area contributed by atoms with E-state index in [4.69, 9.17) is 0 Å². The summed E-state index contributed by atoms with van der Waals surface area (Å²) in [6.45, 7) is 4.03. The first-order valence-electron chi connectivity index (χ1n) is 7.91. The molecule has 1 saturated carbocycles. The maximum Gasteiger partial charge on any atom is 0.249 e. The maximum absolute atomic E-state index is 12.7. The van der Waals surface area contributed by atoms with E-state index in [1.807, 2.05) is 19.9 Å². The van der Waals surface area contributed by atoms with Crippen molar-refractivity contribution in [2.45, 2.75) is 50.1 Å². The van der Waals surface area contributed by atoms with Gasteiger partial charge in [-0.05, 0) is 49.9 Å². The van der Waals surface area contributed by atoms with Crippen LogP contribution >= 0.6 is 27.7 Å². The Balaban J connectivity index is 1.70. The van der Waals surface area contributed by atoms with Crippen LogP contribution in [-0.2, 0) is 14.4 Å². The Morgan fingerprint density at radius 3 is 2.58 bits per heavy atom. The third-order valence-corrected chi connectivity index (χ3v) is 6.31. The van der Waals surface area contributed by atoms with Crippen molar-refractivity contribution in [2.24, 2.45) is 0 Å². The zero-order chi connectivity index (χ0) is 17.4. The average Bonchev–Trinajstić information content (AvgIpc) is 3.28. The van der Waals surface area contributed by atoms with Gasteiger partial charge in [-0.15, -0.1) is 11.8 Å². The zero-order valence-corrected chi connectivity index (χ0v) is 16.0. The number of thioether (sulfide) groups is 1. The van der Waals surface area contributed by atoms with Gasteiger partial charge in [0.05, 0.1) is 12.2 Å². The summed E-state index contributed by atoms with van der Waals surface area (Å²) >= 11 is 4.99. The summed E-state index contributed by atoms with van der Waals surface area (Å²) in [7, 11) is 0. The number of imide groups is 1. The largest absolute Gasteiger partial charge is 0.326 e. The predicted molar refractivity (Wildman–Crippen MR) is 95.8 cm³/mol. The number of nitrogens with one attached hydrogen (secondary N) is 1. The Hall–Kier alpha value is -1.34. The van der Waals surface area contributed by atoms with Gasteiger partial charge in [-0.2, -0.15) is 0 Å². The highest BCUT2D eigenvalue weighted by Gasteiger charge is 2.44. The van der Waals surface area contributed by atoms with Gasteiger partial charge in [0.1, 0.15) is 6.04 Å². The van der Waals surface area contributed by atoms with E-state index in [2.05, 4.69) is 27.3 Å². The van der Waals surface area contributed by atoms with Crippen LogP contribution in [0.25, 0.3) is 0 Å². The standard InChI is InChI=1S/C17H19BrN2O3S/c1-9-6-14(10(2)5-12(9)18)24-8-16(22)20(11-3-4-11)13-7-15(21)19-17(13)23/h5-6,11,13H,3-4,7-8H2,1-2H3,(H,19,21,23)/t13-/m1/s1. The quantitative estimate of drug-likeness (QED) is 0.598. The van der Waals surface area contributed by atoms with Gasteiger partial charge >= 0.3 is 0 Å². The van der Waals surface area contributed by atoms with Crippen LogP contribution in [0, 0.1) is 13.8 Å². The van der Waals surface area contributed by atoms with E-state index in [0.717, 1.165) is 33.3 Å². The molecule has 128 valence electrons. The van der Waals surface area contributed by atoms with Crippen molar-refractivity contribution < 1.29 is 14.4 Å². The van der Waals surface area contributed by atoms with Gasteiger partial charge in [-0.25, -0.2) is 0 Å². The molecule has 2 fully saturated rings. The van der Waals surface area contributed by atoms with Crippen LogP contribution in [0.3, 0.4) is 0 Å². The van der Waals surface area contributed by atoms with Gasteiger partial charge in [0.25, 0.3) is 0 Å². The number of rotatable bonds is 5. The van der Waals surface area contributed by atoms with Crippen LogP contribution in [0.15, 0.2) is 21.5 Å². The van der Waals surface area contributed by atoms with Gasteiger partial charge in [0, 0.05) is 15.4 Å². The normalized spacial score (nSPS) is 20.2. The van der Waals surface area contributed by atoms with Crippen molar-refractivity contribution >= 4 is 45.4 Å². The highest BCUT2D eigenvalue weighted by Crippen LogP contribution is 2.33. The number of aryl methyl sites for hydroxylation is 2. The summed E-state index contributed by atoms with van der Waals surface area (Å²) in [6, 6.07) is 3.58. The molecule has 7 heteroatoms. The first kappa shape index (κ1) is 17.5. The minimum Gasteiger partial charge on any atom is -0.326 e. The minimum atomic E-state index is -0.633. The zero-order valence-electron chi connectivity index (χ0n) is 13.6. The molecule has 2 aliphatic rings. The Morgan fingerprint density at radius 1 is 1.29 bits per heavy atom. The number of benzene rings is 1. The average molecular weight is 411 g/mol. The van der Waals surface area contributed by atoms with E-state index in [9.17, 15) is 14.4 Å². The van der Waals surface area contributed by atoms with Gasteiger partial charge in [0.15, 0.2) is 0 Å². The highest BCUT2D eigenvalue weighted by atomic mass is 79.9. The second kappa shape index (κ2) is 6.88. The van der Waals surface area contributed by atoms with E-state index in [0.29, 0.717) is 0 Å². The van der Waals surface area contributed by atoms with Crippen molar-refractivity contribution in [3.63, 3.8) is 0 Å². The lowest BCUT2D eigenvalue weighted by atomic mass is 10.2. The molecule has 3 rings (SSSR count). The van der Waals surface area contributed by atoms with Crippen molar-refractivity contribution in [3.05, 3.63) is 27.7 Å². The van der Waals surface area contributed by atoms with Crippen molar-refractivity contribution in [3.8, 4) is 0 Å². The fourth-order valence-electron chi connectivity index (χ4n) is 2.87. The summed E-state index contributed by atoms with van der Waals surface area (Å²) in [4.78, 5) is 38.8. The fourth-order valence-corrected chi connectivity index (χ4v) is 4.31. The molecule has 0 bridgehead atoms. The Kier molecular flexibility index (Phi) is 5.01. The summed E-state index contributed by atoms with van der Waals surface area (Å²) in [5, 5.41) is 2.30. The van der Waals surface area contributed by atoms with Crippen LogP contribution in [0.2, 0.25) is 0 Å². The predicted octanol–water partition coefficient (Wildman–Crippen LogP) is 2.56. The van der Waals surface area contributed by atoms with Crippen LogP contribution in [0.4, 0.5) is 0 Å². The molecule has 1 heterocycles. The molecule has 1 aromatic rings. The second-order valence-corrected chi connectivity index (χ2v) is 8.19. The molecule has 0 aromatic heterocycles. The second-order valence-electron chi connectivity index (χ2n) is 6.32. The SMILES string of the molecule is Cc1cc(SCC(=O)N(C2CC2)[C@@H]2CC(=O)NC2=O)c(C)cc1Br. The Labute approximate surface area is 153 Å². The molecule has 1 atom stereocenters. The van der Waals surface area contributed by atoms with Crippen molar-refractivity contribution in [1.82, 2.24) is 10.2 Å². The van der Waals surface area contributed by atoms with Crippen molar-refractivity contribution in [1.29, 1.82) is 0 Å². The topological polar surface area (TPSA) is 66.5 Å². The molecule has 1 N–H and O–H groups in total. The molecule has 3 amide bonds. The minimum absolute atomic E-state index is 0.0719. The molecule has 1 aromatic carbocycles. The molecule has 24 heavy (non-hydrogen) atoms. The van der Waals surface area contributed by atoms with E-state index in [-0.39, 0.29) is 35.9 Å².